The molecule has 0 spiro atoms. The van der Waals surface area contributed by atoms with Crippen molar-refractivity contribution in [3.8, 4) is 11.6 Å². The van der Waals surface area contributed by atoms with Crippen LogP contribution < -0.4 is 11.1 Å². The predicted octanol–water partition coefficient (Wildman–Crippen LogP) is 0.827. The molecule has 0 aliphatic heterocycles. The van der Waals surface area contributed by atoms with Crippen LogP contribution in [0.25, 0.3) is 11.6 Å². The van der Waals surface area contributed by atoms with Gasteiger partial charge in [0.05, 0.1) is 6.04 Å². The highest BCUT2D eigenvalue weighted by atomic mass is 35.5. The lowest BCUT2D eigenvalue weighted by molar-refractivity contribution is -0.123. The van der Waals surface area contributed by atoms with Crippen molar-refractivity contribution in [2.24, 2.45) is 11.1 Å². The first-order valence-electron chi connectivity index (χ1n) is 6.54. The van der Waals surface area contributed by atoms with E-state index >= 15 is 0 Å². The van der Waals surface area contributed by atoms with Crippen LogP contribution >= 0.6 is 12.4 Å². The summed E-state index contributed by atoms with van der Waals surface area (Å²) in [6.07, 6.45) is 1.35. The first kappa shape index (κ1) is 18.1. The van der Waals surface area contributed by atoms with E-state index in [0.717, 1.165) is 0 Å². The van der Waals surface area contributed by atoms with Gasteiger partial charge in [0.15, 0.2) is 5.82 Å². The van der Waals surface area contributed by atoms with Gasteiger partial charge in [0.1, 0.15) is 12.4 Å². The monoisotopic (exact) mass is 329 g/mol. The van der Waals surface area contributed by atoms with Gasteiger partial charge in [-0.25, -0.2) is 4.98 Å². The summed E-state index contributed by atoms with van der Waals surface area (Å²) in [4.78, 5) is 20.1. The summed E-state index contributed by atoms with van der Waals surface area (Å²) in [5.41, 5.74) is 5.26. The highest BCUT2D eigenvalue weighted by molar-refractivity contribution is 5.85. The summed E-state index contributed by atoms with van der Waals surface area (Å²) >= 11 is 0. The van der Waals surface area contributed by atoms with E-state index in [1.54, 1.807) is 6.92 Å². The summed E-state index contributed by atoms with van der Waals surface area (Å²) < 4.78 is 5.25. The van der Waals surface area contributed by atoms with Crippen LogP contribution in [-0.2, 0) is 4.79 Å². The molecule has 122 valence electrons. The van der Waals surface area contributed by atoms with Gasteiger partial charge in [0.25, 0.3) is 0 Å². The Hall–Kier alpha value is -2.00. The average molecular weight is 330 g/mol. The van der Waals surface area contributed by atoms with Crippen LogP contribution in [0, 0.1) is 5.41 Å². The molecule has 10 heteroatoms. The highest BCUT2D eigenvalue weighted by Crippen LogP contribution is 2.32. The second-order valence-electron chi connectivity index (χ2n) is 5.89. The topological polar surface area (TPSA) is 136 Å². The molecule has 0 aliphatic rings. The van der Waals surface area contributed by atoms with E-state index in [0.29, 0.717) is 11.7 Å². The Bertz CT molecular complexity index is 603. The zero-order valence-electron chi connectivity index (χ0n) is 12.8. The van der Waals surface area contributed by atoms with E-state index in [2.05, 4.69) is 30.6 Å². The largest absolute Gasteiger partial charge is 0.342 e. The molecule has 4 N–H and O–H groups in total. The quantitative estimate of drug-likeness (QED) is 0.755. The molecule has 2 aromatic heterocycles. The Morgan fingerprint density at radius 1 is 1.45 bits per heavy atom. The van der Waals surface area contributed by atoms with E-state index in [1.165, 1.54) is 6.33 Å². The molecule has 9 nitrogen and oxygen atoms in total. The number of H-pyrrole nitrogens is 1. The number of nitrogens with one attached hydrogen (secondary N) is 2. The minimum absolute atomic E-state index is 0. The Kier molecular flexibility index (Phi) is 5.61. The van der Waals surface area contributed by atoms with E-state index < -0.39 is 12.1 Å². The van der Waals surface area contributed by atoms with E-state index in [1.807, 2.05) is 20.8 Å². The van der Waals surface area contributed by atoms with Crippen LogP contribution in [0.1, 0.15) is 39.6 Å². The minimum Gasteiger partial charge on any atom is -0.342 e. The third kappa shape index (κ3) is 4.01. The number of hydrogen-bond acceptors (Lipinski definition) is 7. The molecule has 1 unspecified atom stereocenters. The van der Waals surface area contributed by atoms with Crippen LogP contribution in [0.5, 0.6) is 0 Å². The Morgan fingerprint density at radius 2 is 2.14 bits per heavy atom. The summed E-state index contributed by atoms with van der Waals surface area (Å²) in [5, 5.41) is 13.0. The van der Waals surface area contributed by atoms with Crippen LogP contribution in [0.15, 0.2) is 10.9 Å². The summed E-state index contributed by atoms with van der Waals surface area (Å²) in [6.45, 7) is 7.48. The van der Waals surface area contributed by atoms with Crippen molar-refractivity contribution >= 4 is 18.3 Å². The highest BCUT2D eigenvalue weighted by Gasteiger charge is 2.33. The Morgan fingerprint density at radius 3 is 2.64 bits per heavy atom. The van der Waals surface area contributed by atoms with Crippen LogP contribution in [0.4, 0.5) is 0 Å². The maximum absolute atomic E-state index is 11.9. The van der Waals surface area contributed by atoms with Crippen molar-refractivity contribution in [2.45, 2.75) is 39.8 Å². The molecule has 0 fully saturated rings. The van der Waals surface area contributed by atoms with E-state index in [9.17, 15) is 4.79 Å². The maximum atomic E-state index is 11.9. The lowest BCUT2D eigenvalue weighted by Gasteiger charge is -2.28. The lowest BCUT2D eigenvalue weighted by Crippen LogP contribution is -2.44. The second-order valence-corrected chi connectivity index (χ2v) is 5.89. The van der Waals surface area contributed by atoms with E-state index in [-0.39, 0.29) is 29.6 Å². The van der Waals surface area contributed by atoms with Gasteiger partial charge in [-0.2, -0.15) is 10.1 Å². The van der Waals surface area contributed by atoms with Gasteiger partial charge in [-0.1, -0.05) is 25.9 Å². The molecule has 0 aliphatic carbocycles. The first-order chi connectivity index (χ1) is 9.79. The third-order valence-electron chi connectivity index (χ3n) is 2.88. The molecule has 2 heterocycles. The molecule has 0 saturated carbocycles. The fourth-order valence-electron chi connectivity index (χ4n) is 1.68. The molecule has 1 amide bonds. The fraction of sp³-hybridized carbons (Fsp3) is 0.583. The number of halogens is 1. The minimum atomic E-state index is -0.619. The van der Waals surface area contributed by atoms with Crippen molar-refractivity contribution in [3.05, 3.63) is 12.2 Å². The normalized spacial score (nSPS) is 14.0. The van der Waals surface area contributed by atoms with Crippen molar-refractivity contribution in [2.75, 3.05) is 0 Å². The number of amides is 1. The molecule has 2 atom stereocenters. The van der Waals surface area contributed by atoms with Crippen LogP contribution in [0.3, 0.4) is 0 Å². The van der Waals surface area contributed by atoms with Gasteiger partial charge >= 0.3 is 0 Å². The number of carbonyl (C=O) groups excluding carboxylic acids is 1. The van der Waals surface area contributed by atoms with Gasteiger partial charge in [-0.15, -0.1) is 12.4 Å². The Balaban J connectivity index is 0.00000242. The van der Waals surface area contributed by atoms with Crippen LogP contribution in [0.2, 0.25) is 0 Å². The molecule has 0 radical (unpaired) electrons. The smallest absolute Gasteiger partial charge is 0.250 e. The molecule has 2 rings (SSSR count). The second kappa shape index (κ2) is 6.84. The molecular formula is C12H20ClN7O2. The van der Waals surface area contributed by atoms with Crippen LogP contribution in [-0.4, -0.2) is 37.3 Å². The van der Waals surface area contributed by atoms with Crippen molar-refractivity contribution in [1.82, 2.24) is 30.6 Å². The van der Waals surface area contributed by atoms with E-state index in [4.69, 9.17) is 10.3 Å². The molecule has 2 aromatic rings. The lowest BCUT2D eigenvalue weighted by atomic mass is 9.86. The van der Waals surface area contributed by atoms with Gasteiger partial charge < -0.3 is 15.6 Å². The number of carbonyl (C=O) groups is 1. The van der Waals surface area contributed by atoms with Crippen molar-refractivity contribution in [3.63, 3.8) is 0 Å². The summed E-state index contributed by atoms with van der Waals surface area (Å²) in [5.74, 6) is 0.695. The maximum Gasteiger partial charge on any atom is 0.250 e. The number of aromatic nitrogens is 5. The fourth-order valence-corrected chi connectivity index (χ4v) is 1.68. The van der Waals surface area contributed by atoms with Crippen molar-refractivity contribution < 1.29 is 9.32 Å². The molecule has 22 heavy (non-hydrogen) atoms. The van der Waals surface area contributed by atoms with Gasteiger partial charge in [-0.3, -0.25) is 9.89 Å². The number of aromatic amines is 1. The SMILES string of the molecule is C[C@@H](N)C(=O)NC(c1nc(-c2ncn[nH]2)no1)C(C)(C)C.Cl. The zero-order valence-corrected chi connectivity index (χ0v) is 13.6. The van der Waals surface area contributed by atoms with Gasteiger partial charge in [0, 0.05) is 0 Å². The summed E-state index contributed by atoms with van der Waals surface area (Å²) in [6, 6.07) is -1.08. The van der Waals surface area contributed by atoms with Gasteiger partial charge in [-0.05, 0) is 12.3 Å². The number of nitrogens with two attached hydrogens (primary N) is 1. The first-order valence-corrected chi connectivity index (χ1v) is 6.54. The number of rotatable bonds is 4. The third-order valence-corrected chi connectivity index (χ3v) is 2.88. The predicted molar refractivity (Wildman–Crippen MR) is 80.9 cm³/mol. The summed E-state index contributed by atoms with van der Waals surface area (Å²) in [7, 11) is 0. The number of hydrogen-bond donors (Lipinski definition) is 3. The molecule has 0 aromatic carbocycles. The van der Waals surface area contributed by atoms with Crippen molar-refractivity contribution in [1.29, 1.82) is 0 Å². The number of nitrogens with zero attached hydrogens (tertiary/aromatic N) is 4. The average Bonchev–Trinajstić information content (AvgIpc) is 3.04. The van der Waals surface area contributed by atoms with Gasteiger partial charge in [0.2, 0.25) is 17.6 Å². The standard InChI is InChI=1S/C12H19N7O2.ClH/c1-6(13)10(20)16-7(12(2,3)4)11-17-9(19-21-11)8-14-5-15-18-8;/h5-7H,13H2,1-4H3,(H,16,20)(H,14,15,18);1H/t6-,7?;/m1./s1. The molecular weight excluding hydrogens is 310 g/mol. The zero-order chi connectivity index (χ0) is 15.6. The molecule has 0 saturated heterocycles. The molecule has 0 bridgehead atoms. The Labute approximate surface area is 133 Å².